The first-order chi connectivity index (χ1) is 16.3. The summed E-state index contributed by atoms with van der Waals surface area (Å²) in [5.74, 6) is -0.481. The van der Waals surface area contributed by atoms with E-state index < -0.39 is 28.5 Å². The number of carbonyl (C=O) groups excluding carboxylic acids is 2. The van der Waals surface area contributed by atoms with Crippen LogP contribution < -0.4 is 19.1 Å². The van der Waals surface area contributed by atoms with Gasteiger partial charge in [-0.25, -0.2) is 13.2 Å². The van der Waals surface area contributed by atoms with Crippen LogP contribution in [0.3, 0.4) is 0 Å². The lowest BCUT2D eigenvalue weighted by atomic mass is 10.2. The van der Waals surface area contributed by atoms with Crippen LogP contribution in [0.5, 0.6) is 11.5 Å². The van der Waals surface area contributed by atoms with E-state index in [9.17, 15) is 18.0 Å². The molecule has 0 aliphatic rings. The van der Waals surface area contributed by atoms with Crippen LogP contribution in [0.1, 0.15) is 10.4 Å². The van der Waals surface area contributed by atoms with Gasteiger partial charge in [-0.3, -0.25) is 9.10 Å². The summed E-state index contributed by atoms with van der Waals surface area (Å²) in [5, 5.41) is 2.59. The monoisotopic (exact) mass is 484 g/mol. The normalized spacial score (nSPS) is 10.8. The third kappa shape index (κ3) is 5.65. The highest BCUT2D eigenvalue weighted by Crippen LogP contribution is 2.29. The molecule has 0 aliphatic carbocycles. The van der Waals surface area contributed by atoms with E-state index in [0.29, 0.717) is 22.9 Å². The van der Waals surface area contributed by atoms with Crippen molar-refractivity contribution >= 4 is 33.3 Å². The Bertz CT molecular complexity index is 1280. The molecule has 0 spiro atoms. The number of hydrogen-bond acceptors (Lipinski definition) is 7. The topological polar surface area (TPSA) is 111 Å². The molecule has 3 rings (SSSR count). The number of benzene rings is 3. The highest BCUT2D eigenvalue weighted by molar-refractivity contribution is 7.92. The fourth-order valence-corrected chi connectivity index (χ4v) is 4.29. The zero-order chi connectivity index (χ0) is 24.7. The molecule has 10 heteroatoms. The Morgan fingerprint density at radius 3 is 2.26 bits per heavy atom. The Kier molecular flexibility index (Phi) is 7.75. The molecule has 3 aromatic carbocycles. The Morgan fingerprint density at radius 1 is 0.882 bits per heavy atom. The third-order valence-electron chi connectivity index (χ3n) is 4.85. The van der Waals surface area contributed by atoms with Crippen molar-refractivity contribution in [2.75, 3.05) is 37.5 Å². The summed E-state index contributed by atoms with van der Waals surface area (Å²) in [6, 6.07) is 18.8. The molecule has 0 radical (unpaired) electrons. The Hall–Kier alpha value is -4.05. The third-order valence-corrected chi connectivity index (χ3v) is 6.63. The van der Waals surface area contributed by atoms with E-state index in [1.807, 2.05) is 0 Å². The molecule has 1 N–H and O–H groups in total. The summed E-state index contributed by atoms with van der Waals surface area (Å²) >= 11 is 0. The molecular formula is C24H24N2O7S. The number of nitrogens with zero attached hydrogens (tertiary/aromatic N) is 1. The van der Waals surface area contributed by atoms with Crippen molar-refractivity contribution in [2.45, 2.75) is 4.90 Å². The molecule has 0 unspecified atom stereocenters. The number of carbonyl (C=O) groups is 2. The van der Waals surface area contributed by atoms with Crippen molar-refractivity contribution < 1.29 is 32.2 Å². The van der Waals surface area contributed by atoms with E-state index in [-0.39, 0.29) is 10.5 Å². The van der Waals surface area contributed by atoms with Crippen LogP contribution in [0.2, 0.25) is 0 Å². The molecule has 34 heavy (non-hydrogen) atoms. The van der Waals surface area contributed by atoms with Crippen molar-refractivity contribution in [3.8, 4) is 11.5 Å². The molecule has 9 nitrogen and oxygen atoms in total. The Morgan fingerprint density at radius 2 is 1.59 bits per heavy atom. The summed E-state index contributed by atoms with van der Waals surface area (Å²) in [6.07, 6.45) is 0. The van der Waals surface area contributed by atoms with Gasteiger partial charge in [0.25, 0.3) is 15.9 Å². The number of amides is 1. The summed E-state index contributed by atoms with van der Waals surface area (Å²) in [7, 11) is 0.481. The molecule has 0 aliphatic heterocycles. The predicted octanol–water partition coefficient (Wildman–Crippen LogP) is 3.32. The number of nitrogens with one attached hydrogen (secondary N) is 1. The molecule has 0 atom stereocenters. The number of esters is 1. The lowest BCUT2D eigenvalue weighted by Crippen LogP contribution is -2.26. The lowest BCUT2D eigenvalue weighted by molar-refractivity contribution is -0.119. The van der Waals surface area contributed by atoms with Crippen molar-refractivity contribution in [2.24, 2.45) is 0 Å². The molecular weight excluding hydrogens is 460 g/mol. The minimum absolute atomic E-state index is 0.00135. The minimum Gasteiger partial charge on any atom is -0.493 e. The van der Waals surface area contributed by atoms with Gasteiger partial charge in [0.2, 0.25) is 0 Å². The number of hydrogen-bond donors (Lipinski definition) is 1. The SMILES string of the molecule is COc1ccc(NC(=O)COC(=O)c2cccc(S(=O)(=O)N(C)c3ccccc3)c2)cc1OC. The van der Waals surface area contributed by atoms with E-state index >= 15 is 0 Å². The zero-order valence-corrected chi connectivity index (χ0v) is 19.7. The molecule has 0 heterocycles. The maximum Gasteiger partial charge on any atom is 0.338 e. The van der Waals surface area contributed by atoms with Gasteiger partial charge >= 0.3 is 5.97 Å². The fourth-order valence-electron chi connectivity index (χ4n) is 3.04. The first-order valence-electron chi connectivity index (χ1n) is 10.1. The maximum absolute atomic E-state index is 13.0. The van der Waals surface area contributed by atoms with Crippen molar-refractivity contribution in [1.29, 1.82) is 0 Å². The fraction of sp³-hybridized carbons (Fsp3) is 0.167. The highest BCUT2D eigenvalue weighted by atomic mass is 32.2. The number of methoxy groups -OCH3 is 2. The molecule has 1 amide bonds. The number of ether oxygens (including phenoxy) is 3. The standard InChI is InChI=1S/C24H24N2O7S/c1-26(19-9-5-4-6-10-19)34(29,30)20-11-7-8-17(14-20)24(28)33-16-23(27)25-18-12-13-21(31-2)22(15-18)32-3/h4-15H,16H2,1-3H3,(H,25,27). The van der Waals surface area contributed by atoms with Crippen molar-refractivity contribution in [3.63, 3.8) is 0 Å². The molecule has 3 aromatic rings. The van der Waals surface area contributed by atoms with E-state index in [1.54, 1.807) is 48.5 Å². The maximum atomic E-state index is 13.0. The minimum atomic E-state index is -3.91. The van der Waals surface area contributed by atoms with Gasteiger partial charge in [0, 0.05) is 18.8 Å². The van der Waals surface area contributed by atoms with Gasteiger partial charge in [-0.15, -0.1) is 0 Å². The second kappa shape index (κ2) is 10.7. The van der Waals surface area contributed by atoms with Crippen molar-refractivity contribution in [1.82, 2.24) is 0 Å². The van der Waals surface area contributed by atoms with Crippen LogP contribution in [-0.4, -0.2) is 48.2 Å². The summed E-state index contributed by atoms with van der Waals surface area (Å²) < 4.78 is 42.4. The first kappa shape index (κ1) is 24.6. The number of rotatable bonds is 9. The van der Waals surface area contributed by atoms with Gasteiger partial charge < -0.3 is 19.5 Å². The van der Waals surface area contributed by atoms with Gasteiger partial charge in [0.05, 0.1) is 30.4 Å². The van der Waals surface area contributed by atoms with Crippen LogP contribution in [0.4, 0.5) is 11.4 Å². The van der Waals surface area contributed by atoms with Crippen LogP contribution in [0, 0.1) is 0 Å². The molecule has 0 bridgehead atoms. The average Bonchev–Trinajstić information content (AvgIpc) is 2.87. The molecule has 0 fully saturated rings. The smallest absolute Gasteiger partial charge is 0.338 e. The van der Waals surface area contributed by atoms with Gasteiger partial charge in [0.1, 0.15) is 0 Å². The Balaban J connectivity index is 1.66. The zero-order valence-electron chi connectivity index (χ0n) is 18.8. The van der Waals surface area contributed by atoms with Gasteiger partial charge in [0.15, 0.2) is 18.1 Å². The van der Waals surface area contributed by atoms with E-state index in [1.165, 1.54) is 45.5 Å². The largest absolute Gasteiger partial charge is 0.493 e. The Labute approximate surface area is 197 Å². The van der Waals surface area contributed by atoms with Gasteiger partial charge in [-0.2, -0.15) is 0 Å². The number of sulfonamides is 1. The average molecular weight is 485 g/mol. The predicted molar refractivity (Wildman–Crippen MR) is 127 cm³/mol. The lowest BCUT2D eigenvalue weighted by Gasteiger charge is -2.19. The molecule has 0 saturated carbocycles. The van der Waals surface area contributed by atoms with E-state index in [0.717, 1.165) is 4.31 Å². The first-order valence-corrected chi connectivity index (χ1v) is 11.5. The number of para-hydroxylation sites is 1. The van der Waals surface area contributed by atoms with Crippen molar-refractivity contribution in [3.05, 3.63) is 78.4 Å². The summed E-state index contributed by atoms with van der Waals surface area (Å²) in [6.45, 7) is -0.561. The molecule has 178 valence electrons. The second-order valence-electron chi connectivity index (χ2n) is 7.03. The van der Waals surface area contributed by atoms with Gasteiger partial charge in [-0.05, 0) is 42.5 Å². The van der Waals surface area contributed by atoms with Crippen LogP contribution in [0.15, 0.2) is 77.7 Å². The summed E-state index contributed by atoms with van der Waals surface area (Å²) in [5.41, 5.74) is 0.902. The van der Waals surface area contributed by atoms with Crippen LogP contribution in [-0.2, 0) is 19.6 Å². The van der Waals surface area contributed by atoms with E-state index in [4.69, 9.17) is 14.2 Å². The quantitative estimate of drug-likeness (QED) is 0.464. The highest BCUT2D eigenvalue weighted by Gasteiger charge is 2.23. The van der Waals surface area contributed by atoms with E-state index in [2.05, 4.69) is 5.32 Å². The van der Waals surface area contributed by atoms with Crippen LogP contribution >= 0.6 is 0 Å². The van der Waals surface area contributed by atoms with Crippen LogP contribution in [0.25, 0.3) is 0 Å². The second-order valence-corrected chi connectivity index (χ2v) is 9.00. The summed E-state index contributed by atoms with van der Waals surface area (Å²) in [4.78, 5) is 24.6. The van der Waals surface area contributed by atoms with Gasteiger partial charge in [-0.1, -0.05) is 24.3 Å². The molecule has 0 saturated heterocycles. The molecule has 0 aromatic heterocycles. The number of anilines is 2.